The van der Waals surface area contributed by atoms with Crippen molar-refractivity contribution in [3.8, 4) is 5.75 Å². The maximum absolute atomic E-state index is 11.8. The van der Waals surface area contributed by atoms with E-state index in [1.54, 1.807) is 18.2 Å². The van der Waals surface area contributed by atoms with Crippen LogP contribution in [0, 0.1) is 5.92 Å². The minimum atomic E-state index is -0.446. The predicted octanol–water partition coefficient (Wildman–Crippen LogP) is 5.19. The maximum atomic E-state index is 11.8. The van der Waals surface area contributed by atoms with Crippen LogP contribution in [-0.4, -0.2) is 18.0 Å². The highest BCUT2D eigenvalue weighted by molar-refractivity contribution is 6.43. The summed E-state index contributed by atoms with van der Waals surface area (Å²) in [5, 5.41) is 0.533. The van der Waals surface area contributed by atoms with E-state index in [2.05, 4.69) is 6.92 Å². The average molecular weight is 373 g/mol. The van der Waals surface area contributed by atoms with Crippen LogP contribution in [0.2, 0.25) is 10.0 Å². The van der Waals surface area contributed by atoms with Crippen molar-refractivity contribution >= 4 is 35.1 Å². The van der Waals surface area contributed by atoms with Gasteiger partial charge in [-0.15, -0.1) is 0 Å². The third kappa shape index (κ3) is 5.99. The average Bonchev–Trinajstić information content (AvgIpc) is 2.54. The van der Waals surface area contributed by atoms with E-state index in [-0.39, 0.29) is 35.7 Å². The van der Waals surface area contributed by atoms with E-state index in [4.69, 9.17) is 32.7 Å². The second-order valence-corrected chi connectivity index (χ2v) is 7.04. The lowest BCUT2D eigenvalue weighted by Crippen LogP contribution is -2.23. The Morgan fingerprint density at radius 1 is 1.08 bits per heavy atom. The van der Waals surface area contributed by atoms with Gasteiger partial charge in [-0.2, -0.15) is 0 Å². The molecular weight excluding hydrogens is 351 g/mol. The first kappa shape index (κ1) is 19.1. The molecule has 0 atom stereocenters. The highest BCUT2D eigenvalue weighted by Gasteiger charge is 2.21. The fraction of sp³-hybridized carbons (Fsp3) is 0.556. The first-order valence-corrected chi connectivity index (χ1v) is 9.05. The van der Waals surface area contributed by atoms with E-state index in [0.717, 1.165) is 25.7 Å². The molecule has 0 N–H and O–H groups in total. The lowest BCUT2D eigenvalue weighted by Gasteiger charge is -2.25. The molecule has 132 valence electrons. The van der Waals surface area contributed by atoms with Crippen LogP contribution in [-0.2, 0) is 14.3 Å². The van der Waals surface area contributed by atoms with Crippen LogP contribution in [0.5, 0.6) is 5.75 Å². The van der Waals surface area contributed by atoms with Gasteiger partial charge in [0.15, 0.2) is 5.75 Å². The number of carbonyl (C=O) groups excluding carboxylic acids is 2. The number of hydrogen-bond donors (Lipinski definition) is 0. The molecule has 4 nitrogen and oxygen atoms in total. The van der Waals surface area contributed by atoms with Gasteiger partial charge in [0.25, 0.3) is 0 Å². The Balaban J connectivity index is 1.67. The number of carbonyl (C=O) groups is 2. The molecule has 0 amide bonds. The molecule has 6 heteroatoms. The van der Waals surface area contributed by atoms with Gasteiger partial charge >= 0.3 is 11.9 Å². The number of benzene rings is 1. The molecule has 0 bridgehead atoms. The van der Waals surface area contributed by atoms with Gasteiger partial charge < -0.3 is 9.47 Å². The van der Waals surface area contributed by atoms with E-state index >= 15 is 0 Å². The number of esters is 2. The lowest BCUT2D eigenvalue weighted by molar-refractivity contribution is -0.151. The summed E-state index contributed by atoms with van der Waals surface area (Å²) in [7, 11) is 0. The fourth-order valence-electron chi connectivity index (χ4n) is 2.71. The van der Waals surface area contributed by atoms with Crippen molar-refractivity contribution in [1.82, 2.24) is 0 Å². The Hall–Kier alpha value is -1.26. The normalized spacial score (nSPS) is 20.5. The topological polar surface area (TPSA) is 52.6 Å². The van der Waals surface area contributed by atoms with Gasteiger partial charge in [-0.25, -0.2) is 0 Å². The summed E-state index contributed by atoms with van der Waals surface area (Å²) in [6, 6.07) is 4.84. The fourth-order valence-corrected chi connectivity index (χ4v) is 3.04. The van der Waals surface area contributed by atoms with Crippen LogP contribution in [0.4, 0.5) is 0 Å². The summed E-state index contributed by atoms with van der Waals surface area (Å²) < 4.78 is 10.6. The van der Waals surface area contributed by atoms with E-state index in [1.165, 1.54) is 0 Å². The van der Waals surface area contributed by atoms with Crippen molar-refractivity contribution in [1.29, 1.82) is 0 Å². The molecule has 0 saturated heterocycles. The van der Waals surface area contributed by atoms with Crippen molar-refractivity contribution < 1.29 is 19.1 Å². The maximum Gasteiger partial charge on any atom is 0.311 e. The number of ether oxygens (including phenoxy) is 2. The summed E-state index contributed by atoms with van der Waals surface area (Å²) in [6.07, 6.45) is 4.83. The summed E-state index contributed by atoms with van der Waals surface area (Å²) in [5.74, 6) is 0.253. The van der Waals surface area contributed by atoms with E-state index in [0.29, 0.717) is 17.4 Å². The van der Waals surface area contributed by atoms with Gasteiger partial charge in [-0.1, -0.05) is 36.2 Å². The first-order valence-electron chi connectivity index (χ1n) is 8.30. The Kier molecular flexibility index (Phi) is 7.38. The monoisotopic (exact) mass is 372 g/mol. The second-order valence-electron chi connectivity index (χ2n) is 6.25. The quantitative estimate of drug-likeness (QED) is 0.509. The van der Waals surface area contributed by atoms with Gasteiger partial charge in [0.2, 0.25) is 0 Å². The molecule has 2 rings (SSSR count). The minimum Gasteiger partial charge on any atom is -0.462 e. The molecule has 1 aliphatic rings. The zero-order chi connectivity index (χ0) is 17.5. The lowest BCUT2D eigenvalue weighted by atomic mass is 9.89. The summed E-state index contributed by atoms with van der Waals surface area (Å²) >= 11 is 11.8. The smallest absolute Gasteiger partial charge is 0.311 e. The molecule has 1 fully saturated rings. The van der Waals surface area contributed by atoms with E-state index in [1.807, 2.05) is 0 Å². The van der Waals surface area contributed by atoms with Crippen molar-refractivity contribution in [2.24, 2.45) is 5.92 Å². The molecule has 0 radical (unpaired) electrons. The van der Waals surface area contributed by atoms with Gasteiger partial charge in [-0.05, 0) is 50.2 Å². The number of rotatable bonds is 6. The van der Waals surface area contributed by atoms with Gasteiger partial charge in [-0.3, -0.25) is 9.59 Å². The number of halogens is 2. The molecule has 0 aromatic heterocycles. The van der Waals surface area contributed by atoms with Crippen LogP contribution < -0.4 is 4.74 Å². The molecule has 1 aromatic carbocycles. The van der Waals surface area contributed by atoms with Crippen LogP contribution in [0.15, 0.2) is 18.2 Å². The summed E-state index contributed by atoms with van der Waals surface area (Å²) in [4.78, 5) is 23.6. The highest BCUT2D eigenvalue weighted by atomic mass is 35.5. The van der Waals surface area contributed by atoms with Gasteiger partial charge in [0.05, 0.1) is 5.02 Å². The van der Waals surface area contributed by atoms with Crippen LogP contribution in [0.3, 0.4) is 0 Å². The zero-order valence-corrected chi connectivity index (χ0v) is 15.2. The zero-order valence-electron chi connectivity index (χ0n) is 13.7. The van der Waals surface area contributed by atoms with Crippen LogP contribution in [0.25, 0.3) is 0 Å². The Morgan fingerprint density at radius 3 is 2.46 bits per heavy atom. The molecule has 0 unspecified atom stereocenters. The minimum absolute atomic E-state index is 0.0333. The van der Waals surface area contributed by atoms with Crippen molar-refractivity contribution in [2.75, 3.05) is 0 Å². The molecule has 0 spiro atoms. The Labute approximate surface area is 152 Å². The molecule has 24 heavy (non-hydrogen) atoms. The third-order valence-corrected chi connectivity index (χ3v) is 4.96. The van der Waals surface area contributed by atoms with E-state index in [9.17, 15) is 9.59 Å². The molecular formula is C18H22Cl2O4. The summed E-state index contributed by atoms with van der Waals surface area (Å²) in [6.45, 7) is 2.22. The molecule has 1 aromatic rings. The standard InChI is InChI=1S/C18H22Cl2O4/c1-12-8-10-13(11-9-12)23-16(21)6-3-7-17(22)24-15-5-2-4-14(19)18(15)20/h2,4-5,12-13H,3,6-11H2,1H3. The molecule has 0 heterocycles. The van der Waals surface area contributed by atoms with Gasteiger partial charge in [0.1, 0.15) is 11.1 Å². The highest BCUT2D eigenvalue weighted by Crippen LogP contribution is 2.31. The molecule has 1 aliphatic carbocycles. The van der Waals surface area contributed by atoms with Crippen molar-refractivity contribution in [3.05, 3.63) is 28.2 Å². The number of hydrogen-bond acceptors (Lipinski definition) is 4. The van der Waals surface area contributed by atoms with Crippen molar-refractivity contribution in [2.45, 2.75) is 58.0 Å². The first-order chi connectivity index (χ1) is 11.5. The largest absolute Gasteiger partial charge is 0.462 e. The second kappa shape index (κ2) is 9.28. The van der Waals surface area contributed by atoms with Crippen LogP contribution in [0.1, 0.15) is 51.9 Å². The Bertz CT molecular complexity index is 580. The Morgan fingerprint density at radius 2 is 1.75 bits per heavy atom. The predicted molar refractivity (Wildman–Crippen MR) is 93.5 cm³/mol. The van der Waals surface area contributed by atoms with Crippen molar-refractivity contribution in [3.63, 3.8) is 0 Å². The van der Waals surface area contributed by atoms with Gasteiger partial charge in [0, 0.05) is 12.8 Å². The third-order valence-electron chi connectivity index (χ3n) is 4.16. The molecule has 1 saturated carbocycles. The molecule has 0 aliphatic heterocycles. The summed E-state index contributed by atoms with van der Waals surface area (Å²) in [5.41, 5.74) is 0. The SMILES string of the molecule is CC1CCC(OC(=O)CCCC(=O)Oc2cccc(Cl)c2Cl)CC1. The van der Waals surface area contributed by atoms with E-state index < -0.39 is 5.97 Å². The van der Waals surface area contributed by atoms with Crippen LogP contribution >= 0.6 is 23.2 Å².